The topological polar surface area (TPSA) is 65.4 Å². The van der Waals surface area contributed by atoms with Gasteiger partial charge in [-0.15, -0.1) is 0 Å². The molecule has 0 saturated heterocycles. The van der Waals surface area contributed by atoms with Crippen molar-refractivity contribution in [3.63, 3.8) is 0 Å². The molecule has 3 rings (SSSR count). The predicted octanol–water partition coefficient (Wildman–Crippen LogP) is 2.52. The lowest BCUT2D eigenvalue weighted by atomic mass is 10.1. The smallest absolute Gasteiger partial charge is 0.251 e. The summed E-state index contributed by atoms with van der Waals surface area (Å²) in [7, 11) is 0. The number of rotatable bonds is 4. The van der Waals surface area contributed by atoms with Crippen LogP contribution in [0.3, 0.4) is 0 Å². The van der Waals surface area contributed by atoms with Crippen LogP contribution in [0.25, 0.3) is 0 Å². The third kappa shape index (κ3) is 3.76. The van der Waals surface area contributed by atoms with Gasteiger partial charge in [0.1, 0.15) is 0 Å². The van der Waals surface area contributed by atoms with Crippen LogP contribution in [-0.4, -0.2) is 34.7 Å². The quantitative estimate of drug-likeness (QED) is 0.932. The Hall–Kier alpha value is -2.21. The van der Waals surface area contributed by atoms with Crippen LogP contribution in [0.1, 0.15) is 23.7 Å². The highest BCUT2D eigenvalue weighted by atomic mass is 35.5. The van der Waals surface area contributed by atoms with E-state index in [1.165, 1.54) is 0 Å². The van der Waals surface area contributed by atoms with Crippen LogP contribution in [0, 0.1) is 0 Å². The van der Waals surface area contributed by atoms with E-state index < -0.39 is 0 Å². The van der Waals surface area contributed by atoms with Gasteiger partial charge in [0.05, 0.1) is 24.6 Å². The van der Waals surface area contributed by atoms with Crippen molar-refractivity contribution in [2.24, 2.45) is 0 Å². The maximum absolute atomic E-state index is 12.4. The van der Waals surface area contributed by atoms with E-state index in [0.29, 0.717) is 41.8 Å². The third-order valence-corrected chi connectivity index (χ3v) is 3.77. The standard InChI is InChI=1S/C16H18ClN3O3/c1-11(9-20-4-3-18-10-20)19-16(21)12-7-13(17)15-14(8-12)22-5-2-6-23-15/h3-4,7-8,10-11H,2,5-6,9H2,1H3,(H,19,21)/t11-/m1/s1. The molecule has 0 saturated carbocycles. The predicted molar refractivity (Wildman–Crippen MR) is 86.2 cm³/mol. The summed E-state index contributed by atoms with van der Waals surface area (Å²) in [6, 6.07) is 3.23. The van der Waals surface area contributed by atoms with Crippen LogP contribution < -0.4 is 14.8 Å². The Morgan fingerprint density at radius 2 is 2.26 bits per heavy atom. The Bertz CT molecular complexity index is 688. The van der Waals surface area contributed by atoms with Gasteiger partial charge in [0.2, 0.25) is 0 Å². The normalized spacial score (nSPS) is 14.9. The largest absolute Gasteiger partial charge is 0.489 e. The molecule has 1 amide bonds. The minimum absolute atomic E-state index is 0.0496. The highest BCUT2D eigenvalue weighted by molar-refractivity contribution is 6.32. The maximum atomic E-state index is 12.4. The minimum atomic E-state index is -0.199. The molecule has 2 aromatic rings. The SMILES string of the molecule is C[C@H](Cn1ccnc1)NC(=O)c1cc(Cl)c2c(c1)OCCCO2. The summed E-state index contributed by atoms with van der Waals surface area (Å²) in [5.41, 5.74) is 0.455. The van der Waals surface area contributed by atoms with Crippen LogP contribution in [0.15, 0.2) is 30.9 Å². The summed E-state index contributed by atoms with van der Waals surface area (Å²) in [5, 5.41) is 3.33. The maximum Gasteiger partial charge on any atom is 0.251 e. The zero-order chi connectivity index (χ0) is 16.2. The van der Waals surface area contributed by atoms with E-state index in [-0.39, 0.29) is 11.9 Å². The number of carbonyl (C=O) groups is 1. The highest BCUT2D eigenvalue weighted by Gasteiger charge is 2.19. The molecule has 1 aromatic heterocycles. The minimum Gasteiger partial charge on any atom is -0.489 e. The summed E-state index contributed by atoms with van der Waals surface area (Å²) in [6.45, 7) is 3.68. The van der Waals surface area contributed by atoms with E-state index in [0.717, 1.165) is 6.42 Å². The first-order valence-corrected chi connectivity index (χ1v) is 7.87. The van der Waals surface area contributed by atoms with Gasteiger partial charge in [-0.25, -0.2) is 4.98 Å². The molecule has 0 spiro atoms. The number of nitrogens with zero attached hydrogens (tertiary/aromatic N) is 2. The van der Waals surface area contributed by atoms with Gasteiger partial charge in [-0.05, 0) is 19.1 Å². The summed E-state index contributed by atoms with van der Waals surface area (Å²) in [6.07, 6.45) is 6.06. The molecule has 1 aliphatic heterocycles. The molecule has 7 heteroatoms. The molecule has 1 aromatic carbocycles. The summed E-state index contributed by atoms with van der Waals surface area (Å²) in [5.74, 6) is 0.824. The number of aromatic nitrogens is 2. The Morgan fingerprint density at radius 3 is 3.04 bits per heavy atom. The van der Waals surface area contributed by atoms with E-state index in [9.17, 15) is 4.79 Å². The van der Waals surface area contributed by atoms with Crippen molar-refractivity contribution in [3.05, 3.63) is 41.4 Å². The van der Waals surface area contributed by atoms with Crippen LogP contribution in [0.5, 0.6) is 11.5 Å². The number of halogens is 1. The molecule has 122 valence electrons. The second-order valence-electron chi connectivity index (χ2n) is 5.47. The number of hydrogen-bond acceptors (Lipinski definition) is 4. The number of ether oxygens (including phenoxy) is 2. The number of benzene rings is 1. The highest BCUT2D eigenvalue weighted by Crippen LogP contribution is 2.37. The van der Waals surface area contributed by atoms with Gasteiger partial charge in [-0.2, -0.15) is 0 Å². The van der Waals surface area contributed by atoms with Crippen molar-refractivity contribution >= 4 is 17.5 Å². The van der Waals surface area contributed by atoms with Crippen LogP contribution >= 0.6 is 11.6 Å². The molecule has 0 radical (unpaired) electrons. The zero-order valence-electron chi connectivity index (χ0n) is 12.8. The van der Waals surface area contributed by atoms with Gasteiger partial charge in [0.15, 0.2) is 11.5 Å². The third-order valence-electron chi connectivity index (χ3n) is 3.49. The zero-order valence-corrected chi connectivity index (χ0v) is 13.5. The summed E-state index contributed by atoms with van der Waals surface area (Å²) < 4.78 is 13.1. The first kappa shape index (κ1) is 15.7. The molecule has 1 atom stereocenters. The molecule has 2 heterocycles. The van der Waals surface area contributed by atoms with E-state index in [1.54, 1.807) is 24.7 Å². The lowest BCUT2D eigenvalue weighted by molar-refractivity contribution is 0.0936. The van der Waals surface area contributed by atoms with E-state index in [2.05, 4.69) is 10.3 Å². The summed E-state index contributed by atoms with van der Waals surface area (Å²) >= 11 is 6.22. The van der Waals surface area contributed by atoms with Crippen LogP contribution in [0.2, 0.25) is 5.02 Å². The van der Waals surface area contributed by atoms with E-state index in [4.69, 9.17) is 21.1 Å². The lowest BCUT2D eigenvalue weighted by Crippen LogP contribution is -2.35. The molecule has 23 heavy (non-hydrogen) atoms. The second-order valence-corrected chi connectivity index (χ2v) is 5.88. The van der Waals surface area contributed by atoms with Crippen molar-refractivity contribution in [2.75, 3.05) is 13.2 Å². The second kappa shape index (κ2) is 6.91. The Balaban J connectivity index is 1.72. The first-order valence-electron chi connectivity index (χ1n) is 7.49. The molecular weight excluding hydrogens is 318 g/mol. The molecule has 6 nitrogen and oxygen atoms in total. The Kier molecular flexibility index (Phi) is 4.71. The fraction of sp³-hybridized carbons (Fsp3) is 0.375. The molecule has 0 unspecified atom stereocenters. The van der Waals surface area contributed by atoms with E-state index in [1.807, 2.05) is 17.7 Å². The van der Waals surface area contributed by atoms with Gasteiger partial charge >= 0.3 is 0 Å². The molecular formula is C16H18ClN3O3. The number of fused-ring (bicyclic) bond motifs is 1. The number of imidazole rings is 1. The van der Waals surface area contributed by atoms with Crippen molar-refractivity contribution in [3.8, 4) is 11.5 Å². The summed E-state index contributed by atoms with van der Waals surface area (Å²) in [4.78, 5) is 16.4. The van der Waals surface area contributed by atoms with Crippen molar-refractivity contribution < 1.29 is 14.3 Å². The fourth-order valence-corrected chi connectivity index (χ4v) is 2.69. The fourth-order valence-electron chi connectivity index (χ4n) is 2.43. The molecule has 1 N–H and O–H groups in total. The van der Waals surface area contributed by atoms with Gasteiger partial charge in [0, 0.05) is 37.0 Å². The Morgan fingerprint density at radius 1 is 1.43 bits per heavy atom. The number of amides is 1. The van der Waals surface area contributed by atoms with Gasteiger partial charge in [-0.1, -0.05) is 11.6 Å². The van der Waals surface area contributed by atoms with Crippen molar-refractivity contribution in [2.45, 2.75) is 25.9 Å². The molecule has 1 aliphatic rings. The molecule has 0 bridgehead atoms. The van der Waals surface area contributed by atoms with Crippen molar-refractivity contribution in [1.82, 2.24) is 14.9 Å². The lowest BCUT2D eigenvalue weighted by Gasteiger charge is -2.16. The number of nitrogens with one attached hydrogen (secondary N) is 1. The van der Waals surface area contributed by atoms with Crippen LogP contribution in [0.4, 0.5) is 0 Å². The average Bonchev–Trinajstić information content (AvgIpc) is 2.89. The Labute approximate surface area is 139 Å². The van der Waals surface area contributed by atoms with Gasteiger partial charge < -0.3 is 19.4 Å². The number of hydrogen-bond donors (Lipinski definition) is 1. The van der Waals surface area contributed by atoms with Gasteiger partial charge in [-0.3, -0.25) is 4.79 Å². The van der Waals surface area contributed by atoms with Crippen molar-refractivity contribution in [1.29, 1.82) is 0 Å². The average molecular weight is 336 g/mol. The monoisotopic (exact) mass is 335 g/mol. The first-order chi connectivity index (χ1) is 11.1. The molecule has 0 fully saturated rings. The van der Waals surface area contributed by atoms with Crippen LogP contribution in [-0.2, 0) is 6.54 Å². The number of carbonyl (C=O) groups excluding carboxylic acids is 1. The molecule has 0 aliphatic carbocycles. The van der Waals surface area contributed by atoms with Gasteiger partial charge in [0.25, 0.3) is 5.91 Å². The van der Waals surface area contributed by atoms with E-state index >= 15 is 0 Å².